The summed E-state index contributed by atoms with van der Waals surface area (Å²) in [6.07, 6.45) is 8.70. The van der Waals surface area contributed by atoms with Crippen molar-refractivity contribution in [3.63, 3.8) is 0 Å². The zero-order chi connectivity index (χ0) is 42.3. The summed E-state index contributed by atoms with van der Waals surface area (Å²) in [6.45, 7) is 27.8. The predicted molar refractivity (Wildman–Crippen MR) is 254 cm³/mol. The second-order valence-corrected chi connectivity index (χ2v) is 36.7. The summed E-state index contributed by atoms with van der Waals surface area (Å²) < 4.78 is 8.02. The normalized spacial score (nSPS) is 14.0. The van der Waals surface area contributed by atoms with E-state index in [1.54, 1.807) is 24.3 Å². The van der Waals surface area contributed by atoms with E-state index < -0.39 is 32.8 Å². The molecule has 4 aromatic carbocycles. The molecule has 0 unspecified atom stereocenters. The van der Waals surface area contributed by atoms with Crippen molar-refractivity contribution in [3.05, 3.63) is 140 Å². The number of hydrogen-bond donors (Lipinski definition) is 4. The Kier molecular flexibility index (Phi) is 14.9. The molecule has 4 N–H and O–H groups in total. The maximum Gasteiger partial charge on any atom is 0.198 e. The van der Waals surface area contributed by atoms with E-state index in [0.29, 0.717) is 0 Å². The summed E-state index contributed by atoms with van der Waals surface area (Å²) in [5.41, 5.74) is 8.95. The van der Waals surface area contributed by atoms with Gasteiger partial charge in [-0.3, -0.25) is 0 Å². The molecule has 0 aliphatic rings. The zero-order valence-electron chi connectivity index (χ0n) is 36.2. The molecule has 4 rings (SSSR count). The minimum Gasteiger partial charge on any atom is -0.507 e. The minimum atomic E-state index is -2.91. The molecule has 0 aromatic heterocycles. The number of benzene rings is 4. The van der Waals surface area contributed by atoms with E-state index in [1.165, 1.54) is 9.64 Å². The minimum absolute atomic E-state index is 0.233. The van der Waals surface area contributed by atoms with Crippen LogP contribution in [-0.2, 0) is 4.12 Å². The van der Waals surface area contributed by atoms with Gasteiger partial charge in [-0.25, -0.2) is 0 Å². The molecule has 0 aliphatic carbocycles. The molecule has 0 amide bonds. The van der Waals surface area contributed by atoms with Crippen LogP contribution in [0.15, 0.2) is 118 Å². The van der Waals surface area contributed by atoms with Crippen molar-refractivity contribution in [1.82, 2.24) is 0 Å². The largest absolute Gasteiger partial charge is 0.507 e. The molecule has 4 aromatic rings. The van der Waals surface area contributed by atoms with Crippen LogP contribution in [0.3, 0.4) is 0 Å². The third-order valence-corrected chi connectivity index (χ3v) is 36.4. The summed E-state index contributed by atoms with van der Waals surface area (Å²) in [5.74, 6) is 0.959. The Balaban J connectivity index is 2.07. The van der Waals surface area contributed by atoms with Gasteiger partial charge in [-0.05, 0) is 72.6 Å². The number of rotatable bonds is 16. The average molecular weight is 835 g/mol. The van der Waals surface area contributed by atoms with E-state index >= 15 is 0 Å². The molecule has 5 nitrogen and oxygen atoms in total. The van der Waals surface area contributed by atoms with Gasteiger partial charge in [0, 0.05) is 22.3 Å². The van der Waals surface area contributed by atoms with Gasteiger partial charge >= 0.3 is 0 Å². The lowest BCUT2D eigenvalue weighted by Gasteiger charge is -2.50. The van der Waals surface area contributed by atoms with Crippen molar-refractivity contribution in [2.24, 2.45) is 0 Å². The molecular weight excluding hydrogens is 769 g/mol. The quantitative estimate of drug-likeness (QED) is 0.0844. The fraction of sp³-hybridized carbons (Fsp3) is 0.333. The molecule has 304 valence electrons. The Bertz CT molecular complexity index is 1940. The van der Waals surface area contributed by atoms with Crippen molar-refractivity contribution in [2.75, 3.05) is 0 Å². The fourth-order valence-corrected chi connectivity index (χ4v) is 38.1. The highest BCUT2D eigenvalue weighted by Gasteiger charge is 2.54. The molecule has 0 atom stereocenters. The number of phenols is 4. The van der Waals surface area contributed by atoms with Crippen LogP contribution in [0.25, 0.3) is 24.3 Å². The first-order valence-electron chi connectivity index (χ1n) is 20.4. The highest BCUT2D eigenvalue weighted by atomic mass is 28.5. The Labute approximate surface area is 347 Å². The van der Waals surface area contributed by atoms with Gasteiger partial charge in [-0.1, -0.05) is 174 Å². The monoisotopic (exact) mass is 834 g/mol. The lowest BCUT2D eigenvalue weighted by atomic mass is 10.2. The van der Waals surface area contributed by atoms with Crippen LogP contribution >= 0.6 is 0 Å². The molecule has 0 saturated heterocycles. The molecular formula is C48H66O5Si4. The zero-order valence-corrected chi connectivity index (χ0v) is 40.2. The van der Waals surface area contributed by atoms with Gasteiger partial charge in [0.15, 0.2) is 16.6 Å². The highest BCUT2D eigenvalue weighted by molar-refractivity contribution is 7.14. The Morgan fingerprint density at radius 3 is 0.912 bits per heavy atom. The molecule has 0 radical (unpaired) electrons. The number of aromatic hydroxyl groups is 4. The third-order valence-electron chi connectivity index (χ3n) is 12.0. The third kappa shape index (κ3) is 9.95. The van der Waals surface area contributed by atoms with E-state index in [4.69, 9.17) is 4.12 Å². The number of hydrogen-bond acceptors (Lipinski definition) is 5. The molecule has 57 heavy (non-hydrogen) atoms. The topological polar surface area (TPSA) is 90.2 Å². The summed E-state index contributed by atoms with van der Waals surface area (Å²) in [6, 6.07) is 30.1. The maximum atomic E-state index is 11.3. The van der Waals surface area contributed by atoms with Gasteiger partial charge in [-0.15, -0.1) is 0 Å². The first-order valence-corrected chi connectivity index (χ1v) is 30.6. The van der Waals surface area contributed by atoms with Crippen LogP contribution in [0.5, 0.6) is 23.0 Å². The highest BCUT2D eigenvalue weighted by Crippen LogP contribution is 2.49. The van der Waals surface area contributed by atoms with Crippen LogP contribution in [0, 0.1) is 0 Å². The van der Waals surface area contributed by atoms with Crippen LogP contribution in [0.4, 0.5) is 0 Å². The van der Waals surface area contributed by atoms with Crippen LogP contribution < -0.4 is 0 Å². The van der Waals surface area contributed by atoms with Gasteiger partial charge in [0.05, 0.1) is 0 Å². The second kappa shape index (κ2) is 18.6. The Hall–Kier alpha value is -4.13. The standard InChI is InChI=1S/C48H66O5Si4/c1-35(2)56(36(3)4,31-29-39-21-13-17-25-43(39)49)47(33-41-23-15-19-27-45(41)51)54(9,10)53-55(11,12)48(34-42-24-16-20-28-46(42)52)57(37(5)6,38(7)8)32-30-40-22-14-18-26-44(40)50/h13-38,49-52H,1-12H3. The first-order chi connectivity index (χ1) is 26.7. The number of para-hydroxylation sites is 4. The van der Waals surface area contributed by atoms with E-state index in [9.17, 15) is 20.4 Å². The summed E-state index contributed by atoms with van der Waals surface area (Å²) in [5, 5.41) is 44.3. The van der Waals surface area contributed by atoms with Crippen LogP contribution in [0.2, 0.25) is 48.4 Å². The maximum absolute atomic E-state index is 11.3. The first kappa shape index (κ1) is 45.6. The van der Waals surface area contributed by atoms with E-state index in [1.807, 2.05) is 72.8 Å². The lowest BCUT2D eigenvalue weighted by Crippen LogP contribution is -2.60. The van der Waals surface area contributed by atoms with Crippen LogP contribution in [0.1, 0.15) is 77.6 Å². The summed E-state index contributed by atoms with van der Waals surface area (Å²) in [4.78, 5) is 2.59. The molecule has 0 aliphatic heterocycles. The molecule has 0 fully saturated rings. The summed E-state index contributed by atoms with van der Waals surface area (Å²) in [7, 11) is -11.2. The van der Waals surface area contributed by atoms with Crippen molar-refractivity contribution in [3.8, 4) is 23.0 Å². The Morgan fingerprint density at radius 1 is 0.421 bits per heavy atom. The fourth-order valence-electron chi connectivity index (χ4n) is 9.16. The van der Waals surface area contributed by atoms with E-state index in [2.05, 4.69) is 117 Å². The smallest absolute Gasteiger partial charge is 0.198 e. The molecule has 9 heteroatoms. The molecule has 0 heterocycles. The molecule has 0 spiro atoms. The van der Waals surface area contributed by atoms with Crippen molar-refractivity contribution >= 4 is 57.1 Å². The van der Waals surface area contributed by atoms with Gasteiger partial charge in [0.1, 0.15) is 39.1 Å². The SMILES string of the molecule is CC(C)[Si](C=Cc1ccccc1O)(C(=Cc1ccccc1O)[Si](C)(C)O[Si](C)(C)C(=Cc1ccccc1O)[Si](C=Cc1ccccc1O)(C(C)C)C(C)C)C(C)C. The van der Waals surface area contributed by atoms with Crippen molar-refractivity contribution in [1.29, 1.82) is 0 Å². The van der Waals surface area contributed by atoms with Crippen LogP contribution in [-0.4, -0.2) is 53.2 Å². The van der Waals surface area contributed by atoms with Crippen molar-refractivity contribution < 1.29 is 24.5 Å². The second-order valence-electron chi connectivity index (χ2n) is 17.6. The lowest BCUT2D eigenvalue weighted by molar-refractivity contribution is 0.473. The van der Waals surface area contributed by atoms with Gasteiger partial charge < -0.3 is 24.5 Å². The van der Waals surface area contributed by atoms with E-state index in [-0.39, 0.29) is 45.2 Å². The molecule has 0 bridgehead atoms. The van der Waals surface area contributed by atoms with Gasteiger partial charge in [0.25, 0.3) is 0 Å². The van der Waals surface area contributed by atoms with E-state index in [0.717, 1.165) is 22.3 Å². The van der Waals surface area contributed by atoms with Gasteiger partial charge in [-0.2, -0.15) is 0 Å². The predicted octanol–water partition coefficient (Wildman–Crippen LogP) is 13.6. The number of phenolic OH excluding ortho intramolecular Hbond substituents is 4. The average Bonchev–Trinajstić information content (AvgIpc) is 3.12. The summed E-state index contributed by atoms with van der Waals surface area (Å²) >= 11 is 0. The Morgan fingerprint density at radius 2 is 0.667 bits per heavy atom. The molecule has 0 saturated carbocycles. The van der Waals surface area contributed by atoms with Crippen molar-refractivity contribution in [2.45, 2.75) is 104 Å². The van der Waals surface area contributed by atoms with Gasteiger partial charge in [0.2, 0.25) is 0 Å².